The van der Waals surface area contributed by atoms with Crippen LogP contribution in [0.2, 0.25) is 10.0 Å². The van der Waals surface area contributed by atoms with Crippen molar-refractivity contribution in [1.29, 1.82) is 0 Å². The normalized spacial score (nSPS) is 17.6. The van der Waals surface area contributed by atoms with Gasteiger partial charge in [-0.25, -0.2) is 4.79 Å². The molecule has 40 heavy (non-hydrogen) atoms. The second-order valence-electron chi connectivity index (χ2n) is 10.6. The smallest absolute Gasteiger partial charge is 0.412 e. The van der Waals surface area contributed by atoms with Crippen molar-refractivity contribution in [3.8, 4) is 0 Å². The highest BCUT2D eigenvalue weighted by molar-refractivity contribution is 6.53. The molecule has 0 aliphatic heterocycles. The van der Waals surface area contributed by atoms with Crippen LogP contribution in [0.1, 0.15) is 48.2 Å². The third kappa shape index (κ3) is 6.33. The molecular weight excluding hydrogens is 596 g/mol. The van der Waals surface area contributed by atoms with Crippen LogP contribution in [-0.4, -0.2) is 32.9 Å². The monoisotopic (exact) mass is 621 g/mol. The zero-order valence-corrected chi connectivity index (χ0v) is 25.1. The van der Waals surface area contributed by atoms with Gasteiger partial charge in [0.05, 0.1) is 5.92 Å². The van der Waals surface area contributed by atoms with Crippen LogP contribution in [0.15, 0.2) is 60.7 Å². The van der Waals surface area contributed by atoms with E-state index in [-0.39, 0.29) is 0 Å². The average molecular weight is 623 g/mol. The zero-order valence-electron chi connectivity index (χ0n) is 22.1. The number of nitrogens with one attached hydrogen (secondary N) is 2. The minimum absolute atomic E-state index is 0.306. The van der Waals surface area contributed by atoms with Crippen LogP contribution in [0.5, 0.6) is 0 Å². The van der Waals surface area contributed by atoms with Gasteiger partial charge in [0.15, 0.2) is 0 Å². The van der Waals surface area contributed by atoms with E-state index in [0.29, 0.717) is 43.8 Å². The Balaban J connectivity index is 1.47. The molecule has 0 saturated heterocycles. The van der Waals surface area contributed by atoms with Crippen LogP contribution in [-0.2, 0) is 4.79 Å². The van der Waals surface area contributed by atoms with Crippen LogP contribution in [0.4, 0.5) is 21.9 Å². The maximum absolute atomic E-state index is 13.1. The first kappa shape index (κ1) is 30.0. The van der Waals surface area contributed by atoms with Gasteiger partial charge in [0.25, 0.3) is 5.91 Å². The highest BCUT2D eigenvalue weighted by Crippen LogP contribution is 2.65. The Labute approximate surface area is 252 Å². The maximum Gasteiger partial charge on any atom is 0.412 e. The van der Waals surface area contributed by atoms with Crippen molar-refractivity contribution >= 4 is 81.4 Å². The minimum atomic E-state index is -1.33. The molecule has 1 saturated carbocycles. The molecule has 0 bridgehead atoms. The Kier molecular flexibility index (Phi) is 8.35. The maximum atomic E-state index is 13.1. The SMILES string of the molecule is Cc1cc(N(C(=O)O)C(C)(C)C)ccc1NC(=O)c1cccc(NC(=O)[C@@H]2[C@@H](c3cc(Cl)cc(Cl)c3)C2(Cl)Cl)c1. The quantitative estimate of drug-likeness (QED) is 0.241. The lowest BCUT2D eigenvalue weighted by Crippen LogP contribution is -2.45. The molecule has 0 radical (unpaired) electrons. The lowest BCUT2D eigenvalue weighted by Gasteiger charge is -2.33. The number of hydrogen-bond acceptors (Lipinski definition) is 3. The van der Waals surface area contributed by atoms with E-state index in [1.807, 2.05) is 0 Å². The lowest BCUT2D eigenvalue weighted by molar-refractivity contribution is -0.117. The molecule has 210 valence electrons. The third-order valence-electron chi connectivity index (χ3n) is 6.55. The van der Waals surface area contributed by atoms with Gasteiger partial charge in [-0.3, -0.25) is 14.5 Å². The van der Waals surface area contributed by atoms with E-state index in [1.54, 1.807) is 88.4 Å². The number of amides is 3. The summed E-state index contributed by atoms with van der Waals surface area (Å²) >= 11 is 25.1. The first-order chi connectivity index (χ1) is 18.6. The van der Waals surface area contributed by atoms with E-state index in [9.17, 15) is 19.5 Å². The number of hydrogen-bond donors (Lipinski definition) is 3. The fourth-order valence-corrected chi connectivity index (χ4v) is 6.06. The van der Waals surface area contributed by atoms with Gasteiger partial charge in [0, 0.05) is 44.1 Å². The molecule has 3 amide bonds. The van der Waals surface area contributed by atoms with Crippen LogP contribution in [0.3, 0.4) is 0 Å². The molecule has 1 aliphatic rings. The molecule has 0 aromatic heterocycles. The van der Waals surface area contributed by atoms with E-state index in [4.69, 9.17) is 46.4 Å². The number of alkyl halides is 2. The van der Waals surface area contributed by atoms with Gasteiger partial charge in [-0.2, -0.15) is 0 Å². The molecule has 7 nitrogen and oxygen atoms in total. The predicted molar refractivity (Wildman–Crippen MR) is 162 cm³/mol. The summed E-state index contributed by atoms with van der Waals surface area (Å²) in [6.07, 6.45) is -1.07. The largest absolute Gasteiger partial charge is 0.465 e. The summed E-state index contributed by atoms with van der Waals surface area (Å²) in [6, 6.07) is 16.4. The number of carbonyl (C=O) groups is 3. The van der Waals surface area contributed by atoms with Crippen molar-refractivity contribution < 1.29 is 19.5 Å². The van der Waals surface area contributed by atoms with Gasteiger partial charge in [0.2, 0.25) is 5.91 Å². The average Bonchev–Trinajstić information content (AvgIpc) is 3.41. The number of carbonyl (C=O) groups excluding carboxylic acids is 2. The fraction of sp³-hybridized carbons (Fsp3) is 0.276. The zero-order chi connectivity index (χ0) is 29.6. The molecular formula is C29H27Cl4N3O4. The second-order valence-corrected chi connectivity index (χ2v) is 13.0. The molecule has 3 N–H and O–H groups in total. The summed E-state index contributed by atoms with van der Waals surface area (Å²) in [6.45, 7) is 7.18. The third-order valence-corrected chi connectivity index (χ3v) is 7.93. The Morgan fingerprint density at radius 1 is 0.925 bits per heavy atom. The Hall–Kier alpha value is -2.97. The second kappa shape index (κ2) is 11.1. The van der Waals surface area contributed by atoms with Crippen LogP contribution in [0, 0.1) is 12.8 Å². The molecule has 3 aromatic rings. The van der Waals surface area contributed by atoms with Crippen LogP contribution in [0.25, 0.3) is 0 Å². The van der Waals surface area contributed by atoms with E-state index in [0.717, 1.165) is 0 Å². The number of carboxylic acid groups (broad SMARTS) is 1. The number of benzene rings is 3. The number of anilines is 3. The molecule has 11 heteroatoms. The molecule has 3 aromatic carbocycles. The Morgan fingerprint density at radius 2 is 1.57 bits per heavy atom. The van der Waals surface area contributed by atoms with Crippen molar-refractivity contribution in [3.05, 3.63) is 87.4 Å². The van der Waals surface area contributed by atoms with E-state index in [2.05, 4.69) is 10.6 Å². The molecule has 1 aliphatic carbocycles. The van der Waals surface area contributed by atoms with Crippen molar-refractivity contribution in [3.63, 3.8) is 0 Å². The van der Waals surface area contributed by atoms with Gasteiger partial charge < -0.3 is 15.7 Å². The standard InChI is InChI=1S/C29H27Cl4N3O4/c1-15-10-21(36(27(39)40)28(2,3)4)8-9-22(15)35-25(37)16-6-5-7-20(13-16)34-26(38)24-23(29(24,32)33)17-11-18(30)14-19(31)12-17/h5-14,23-24H,1-4H3,(H,34,38)(H,35,37)(H,39,40)/t23-,24+/m1/s1. The fourth-order valence-electron chi connectivity index (χ4n) is 4.69. The van der Waals surface area contributed by atoms with Crippen LogP contribution < -0.4 is 15.5 Å². The van der Waals surface area contributed by atoms with Crippen molar-refractivity contribution in [2.75, 3.05) is 15.5 Å². The predicted octanol–water partition coefficient (Wildman–Crippen LogP) is 8.36. The van der Waals surface area contributed by atoms with Crippen molar-refractivity contribution in [2.24, 2.45) is 5.92 Å². The Bertz CT molecular complexity index is 1480. The van der Waals surface area contributed by atoms with Gasteiger partial charge in [-0.05, 0) is 93.4 Å². The van der Waals surface area contributed by atoms with Crippen LogP contribution >= 0.6 is 46.4 Å². The number of nitrogens with zero attached hydrogens (tertiary/aromatic N) is 1. The first-order valence-electron chi connectivity index (χ1n) is 12.3. The molecule has 0 spiro atoms. The van der Waals surface area contributed by atoms with Gasteiger partial charge in [-0.1, -0.05) is 29.3 Å². The minimum Gasteiger partial charge on any atom is -0.465 e. The first-order valence-corrected chi connectivity index (χ1v) is 13.8. The van der Waals surface area contributed by atoms with E-state index < -0.39 is 39.6 Å². The molecule has 4 rings (SSSR count). The molecule has 1 fully saturated rings. The summed E-state index contributed by atoms with van der Waals surface area (Å²) in [5, 5.41) is 16.1. The van der Waals surface area contributed by atoms with Gasteiger partial charge in [-0.15, -0.1) is 23.2 Å². The molecule has 0 unspecified atom stereocenters. The van der Waals surface area contributed by atoms with E-state index >= 15 is 0 Å². The van der Waals surface area contributed by atoms with Crippen molar-refractivity contribution in [2.45, 2.75) is 43.5 Å². The molecule has 0 heterocycles. The number of rotatable bonds is 6. The lowest BCUT2D eigenvalue weighted by atomic mass is 10.0. The number of halogens is 4. The molecule has 2 atom stereocenters. The summed E-state index contributed by atoms with van der Waals surface area (Å²) in [4.78, 5) is 39.2. The number of aryl methyl sites for hydroxylation is 1. The highest BCUT2D eigenvalue weighted by Gasteiger charge is 2.67. The topological polar surface area (TPSA) is 98.7 Å². The summed E-state index contributed by atoms with van der Waals surface area (Å²) < 4.78 is -1.33. The van der Waals surface area contributed by atoms with Gasteiger partial charge in [0.1, 0.15) is 4.33 Å². The summed E-state index contributed by atoms with van der Waals surface area (Å²) in [5.74, 6) is -2.06. The van der Waals surface area contributed by atoms with Crippen molar-refractivity contribution in [1.82, 2.24) is 0 Å². The van der Waals surface area contributed by atoms with E-state index in [1.165, 1.54) is 4.90 Å². The Morgan fingerprint density at radius 3 is 2.15 bits per heavy atom. The summed E-state index contributed by atoms with van der Waals surface area (Å²) in [7, 11) is 0. The summed E-state index contributed by atoms with van der Waals surface area (Å²) in [5.41, 5.74) is 2.41. The highest BCUT2D eigenvalue weighted by atomic mass is 35.5. The van der Waals surface area contributed by atoms with Gasteiger partial charge >= 0.3 is 6.09 Å².